The van der Waals surface area contributed by atoms with Gasteiger partial charge >= 0.3 is 0 Å². The number of hydrogen-bond acceptors (Lipinski definition) is 2. The lowest BCUT2D eigenvalue weighted by Crippen LogP contribution is -2.29. The molecule has 14 heavy (non-hydrogen) atoms. The lowest BCUT2D eigenvalue weighted by Gasteiger charge is -2.15. The number of allylic oxidation sites excluding steroid dienone is 1. The van der Waals surface area contributed by atoms with Crippen LogP contribution in [0.3, 0.4) is 0 Å². The third kappa shape index (κ3) is 2.24. The fraction of sp³-hybridized carbons (Fsp3) is 0.750. The molecule has 1 heterocycles. The molecule has 1 aliphatic rings. The molecule has 1 aliphatic heterocycles. The lowest BCUT2D eigenvalue weighted by molar-refractivity contribution is -0.127. The van der Waals surface area contributed by atoms with E-state index in [1.807, 2.05) is 33.8 Å². The molecule has 2 heteroatoms. The maximum atomic E-state index is 11.9. The number of ketones is 1. The highest BCUT2D eigenvalue weighted by Gasteiger charge is 2.57. The molecule has 1 unspecified atom stereocenters. The molecule has 80 valence electrons. The Morgan fingerprint density at radius 3 is 2.57 bits per heavy atom. The number of rotatable bonds is 4. The molecule has 0 N–H and O–H groups in total. The van der Waals surface area contributed by atoms with Crippen LogP contribution in [0.5, 0.6) is 0 Å². The molecule has 0 aromatic carbocycles. The SMILES string of the molecule is C=CCC[C@]1(C)OC1C(=O)C(C)(C)C. The zero-order valence-electron chi connectivity index (χ0n) is 9.59. The first-order chi connectivity index (χ1) is 6.31. The first-order valence-corrected chi connectivity index (χ1v) is 5.14. The van der Waals surface area contributed by atoms with Gasteiger partial charge in [0.2, 0.25) is 0 Å². The number of carbonyl (C=O) groups excluding carboxylic acids is 1. The summed E-state index contributed by atoms with van der Waals surface area (Å²) in [6, 6.07) is 0. The number of hydrogen-bond donors (Lipinski definition) is 0. The maximum absolute atomic E-state index is 11.9. The second kappa shape index (κ2) is 3.50. The van der Waals surface area contributed by atoms with E-state index in [9.17, 15) is 4.79 Å². The van der Waals surface area contributed by atoms with Gasteiger partial charge in [0.1, 0.15) is 11.7 Å². The minimum Gasteiger partial charge on any atom is -0.358 e. The molecule has 0 amide bonds. The van der Waals surface area contributed by atoms with Crippen molar-refractivity contribution in [2.75, 3.05) is 0 Å². The highest BCUT2D eigenvalue weighted by molar-refractivity contribution is 5.91. The Morgan fingerprint density at radius 1 is 1.57 bits per heavy atom. The normalized spacial score (nSPS) is 31.3. The van der Waals surface area contributed by atoms with Crippen LogP contribution >= 0.6 is 0 Å². The zero-order valence-corrected chi connectivity index (χ0v) is 9.59. The zero-order chi connectivity index (χ0) is 11.0. The van der Waals surface area contributed by atoms with Gasteiger partial charge < -0.3 is 4.74 Å². The highest BCUT2D eigenvalue weighted by Crippen LogP contribution is 2.43. The molecule has 1 saturated heterocycles. The van der Waals surface area contributed by atoms with Gasteiger partial charge in [-0.15, -0.1) is 6.58 Å². The topological polar surface area (TPSA) is 29.6 Å². The summed E-state index contributed by atoms with van der Waals surface area (Å²) in [7, 11) is 0. The van der Waals surface area contributed by atoms with E-state index in [0.717, 1.165) is 12.8 Å². The van der Waals surface area contributed by atoms with Gasteiger partial charge in [-0.3, -0.25) is 4.79 Å². The molecule has 0 aromatic heterocycles. The maximum Gasteiger partial charge on any atom is 0.169 e. The van der Waals surface area contributed by atoms with Crippen LogP contribution in [0, 0.1) is 5.41 Å². The monoisotopic (exact) mass is 196 g/mol. The number of epoxide rings is 1. The van der Waals surface area contributed by atoms with E-state index in [1.54, 1.807) is 0 Å². The molecule has 0 spiro atoms. The van der Waals surface area contributed by atoms with Gasteiger partial charge in [0.15, 0.2) is 5.78 Å². The second-order valence-electron chi connectivity index (χ2n) is 5.25. The van der Waals surface area contributed by atoms with Crippen LogP contribution in [-0.2, 0) is 9.53 Å². The van der Waals surface area contributed by atoms with E-state index in [1.165, 1.54) is 0 Å². The Hall–Kier alpha value is -0.630. The molecule has 0 saturated carbocycles. The summed E-state index contributed by atoms with van der Waals surface area (Å²) in [6.07, 6.45) is 3.47. The summed E-state index contributed by atoms with van der Waals surface area (Å²) in [5.74, 6) is 0.212. The van der Waals surface area contributed by atoms with Gasteiger partial charge in [0, 0.05) is 5.41 Å². The Kier molecular flexibility index (Phi) is 2.86. The van der Waals surface area contributed by atoms with Crippen molar-refractivity contribution in [2.24, 2.45) is 5.41 Å². The van der Waals surface area contributed by atoms with E-state index in [0.29, 0.717) is 0 Å². The molecular weight excluding hydrogens is 176 g/mol. The van der Waals surface area contributed by atoms with Gasteiger partial charge in [-0.2, -0.15) is 0 Å². The van der Waals surface area contributed by atoms with Gasteiger partial charge in [0.05, 0.1) is 0 Å². The fourth-order valence-corrected chi connectivity index (χ4v) is 1.54. The summed E-state index contributed by atoms with van der Waals surface area (Å²) in [6.45, 7) is 11.5. The first kappa shape index (κ1) is 11.4. The van der Waals surface area contributed by atoms with Gasteiger partial charge in [0.25, 0.3) is 0 Å². The van der Waals surface area contributed by atoms with E-state index >= 15 is 0 Å². The Morgan fingerprint density at radius 2 is 2.14 bits per heavy atom. The van der Waals surface area contributed by atoms with Crippen molar-refractivity contribution >= 4 is 5.78 Å². The summed E-state index contributed by atoms with van der Waals surface area (Å²) in [5, 5.41) is 0. The lowest BCUT2D eigenvalue weighted by atomic mass is 9.84. The minimum atomic E-state index is -0.295. The highest BCUT2D eigenvalue weighted by atomic mass is 16.6. The molecule has 2 atom stereocenters. The minimum absolute atomic E-state index is 0.192. The third-order valence-electron chi connectivity index (χ3n) is 2.71. The van der Waals surface area contributed by atoms with Crippen molar-refractivity contribution in [3.63, 3.8) is 0 Å². The van der Waals surface area contributed by atoms with Gasteiger partial charge in [-0.1, -0.05) is 26.8 Å². The van der Waals surface area contributed by atoms with Crippen molar-refractivity contribution < 1.29 is 9.53 Å². The van der Waals surface area contributed by atoms with Crippen LogP contribution in [0.1, 0.15) is 40.5 Å². The molecule has 0 aromatic rings. The van der Waals surface area contributed by atoms with Crippen LogP contribution in [-0.4, -0.2) is 17.5 Å². The number of ether oxygens (including phenoxy) is 1. The largest absolute Gasteiger partial charge is 0.358 e. The molecule has 0 radical (unpaired) electrons. The fourth-order valence-electron chi connectivity index (χ4n) is 1.54. The predicted octanol–water partition coefficient (Wildman–Crippen LogP) is 2.73. The molecule has 1 rings (SSSR count). The molecular formula is C12H20O2. The van der Waals surface area contributed by atoms with Crippen molar-refractivity contribution in [1.82, 2.24) is 0 Å². The Bertz CT molecular complexity index is 250. The van der Waals surface area contributed by atoms with E-state index < -0.39 is 0 Å². The van der Waals surface area contributed by atoms with Crippen molar-refractivity contribution in [3.8, 4) is 0 Å². The van der Waals surface area contributed by atoms with E-state index in [4.69, 9.17) is 4.74 Å². The van der Waals surface area contributed by atoms with Crippen molar-refractivity contribution in [2.45, 2.75) is 52.2 Å². The Balaban J connectivity index is 2.52. The van der Waals surface area contributed by atoms with Gasteiger partial charge in [-0.05, 0) is 19.8 Å². The van der Waals surface area contributed by atoms with Crippen molar-refractivity contribution in [3.05, 3.63) is 12.7 Å². The predicted molar refractivity (Wildman–Crippen MR) is 57.2 cm³/mol. The smallest absolute Gasteiger partial charge is 0.169 e. The summed E-state index contributed by atoms with van der Waals surface area (Å²) in [5.41, 5.74) is -0.519. The summed E-state index contributed by atoms with van der Waals surface area (Å²) >= 11 is 0. The molecule has 2 nitrogen and oxygen atoms in total. The second-order valence-corrected chi connectivity index (χ2v) is 5.25. The molecule has 0 bridgehead atoms. The van der Waals surface area contributed by atoms with Crippen LogP contribution < -0.4 is 0 Å². The quantitative estimate of drug-likeness (QED) is 0.511. The van der Waals surface area contributed by atoms with E-state index in [-0.39, 0.29) is 22.9 Å². The van der Waals surface area contributed by atoms with E-state index in [2.05, 4.69) is 6.58 Å². The standard InChI is InChI=1S/C12H20O2/c1-6-7-8-12(5)10(14-12)9(13)11(2,3)4/h6,10H,1,7-8H2,2-5H3/t10?,12-/m0/s1. The first-order valence-electron chi connectivity index (χ1n) is 5.14. The van der Waals surface area contributed by atoms with Crippen LogP contribution in [0.25, 0.3) is 0 Å². The van der Waals surface area contributed by atoms with Gasteiger partial charge in [-0.25, -0.2) is 0 Å². The average Bonchev–Trinajstić information content (AvgIpc) is 2.72. The summed E-state index contributed by atoms with van der Waals surface area (Å²) < 4.78 is 5.50. The number of carbonyl (C=O) groups is 1. The summed E-state index contributed by atoms with van der Waals surface area (Å²) in [4.78, 5) is 11.9. The Labute approximate surface area is 86.3 Å². The average molecular weight is 196 g/mol. The van der Waals surface area contributed by atoms with Crippen molar-refractivity contribution in [1.29, 1.82) is 0 Å². The number of Topliss-reactive ketones (excluding diaryl/α,β-unsaturated/α-hetero) is 1. The third-order valence-corrected chi connectivity index (χ3v) is 2.71. The molecule has 0 aliphatic carbocycles. The van der Waals surface area contributed by atoms with Crippen LogP contribution in [0.2, 0.25) is 0 Å². The molecule has 1 fully saturated rings. The van der Waals surface area contributed by atoms with Crippen LogP contribution in [0.15, 0.2) is 12.7 Å². The van der Waals surface area contributed by atoms with Crippen LogP contribution in [0.4, 0.5) is 0 Å².